The minimum atomic E-state index is -0.616. The van der Waals surface area contributed by atoms with Crippen LogP contribution in [0.25, 0.3) is 0 Å². The Labute approximate surface area is 122 Å². The van der Waals surface area contributed by atoms with Gasteiger partial charge in [-0.25, -0.2) is 4.39 Å². The summed E-state index contributed by atoms with van der Waals surface area (Å²) in [6.07, 6.45) is 0.689. The number of aryl methyl sites for hydroxylation is 1. The topological polar surface area (TPSA) is 55.2 Å². The van der Waals surface area contributed by atoms with Crippen molar-refractivity contribution >= 4 is 11.4 Å². The lowest BCUT2D eigenvalue weighted by atomic mass is 10.0. The molecule has 0 bridgehead atoms. The second-order valence-electron chi connectivity index (χ2n) is 4.91. The quantitative estimate of drug-likeness (QED) is 0.646. The molecule has 5 heteroatoms. The third-order valence-electron chi connectivity index (χ3n) is 3.39. The monoisotopic (exact) mass is 288 g/mol. The van der Waals surface area contributed by atoms with Crippen LogP contribution in [0.5, 0.6) is 0 Å². The largest absolute Gasteiger partial charge is 0.370 e. The molecule has 1 N–H and O–H groups in total. The van der Waals surface area contributed by atoms with Gasteiger partial charge in [0.05, 0.1) is 11.0 Å². The average molecular weight is 288 g/mol. The highest BCUT2D eigenvalue weighted by Crippen LogP contribution is 2.31. The lowest BCUT2D eigenvalue weighted by molar-refractivity contribution is -0.384. The van der Waals surface area contributed by atoms with Crippen molar-refractivity contribution in [2.45, 2.75) is 26.3 Å². The summed E-state index contributed by atoms with van der Waals surface area (Å²) in [4.78, 5) is 10.4. The SMILES string of the molecule is CCC(Nc1c(F)cccc1[N+](=O)[O-])c1ccc(C)cc1. The molecular formula is C16H17FN2O2. The van der Waals surface area contributed by atoms with E-state index in [2.05, 4.69) is 5.32 Å². The summed E-state index contributed by atoms with van der Waals surface area (Å²) in [5, 5.41) is 14.0. The third-order valence-corrected chi connectivity index (χ3v) is 3.39. The first-order valence-corrected chi connectivity index (χ1v) is 6.79. The van der Waals surface area contributed by atoms with E-state index in [1.807, 2.05) is 38.1 Å². The predicted octanol–water partition coefficient (Wildman–Crippen LogP) is 4.61. The fraction of sp³-hybridized carbons (Fsp3) is 0.250. The highest BCUT2D eigenvalue weighted by molar-refractivity contribution is 5.63. The molecule has 1 unspecified atom stereocenters. The van der Waals surface area contributed by atoms with Crippen molar-refractivity contribution in [3.05, 3.63) is 69.5 Å². The molecule has 0 aliphatic carbocycles. The van der Waals surface area contributed by atoms with E-state index in [9.17, 15) is 14.5 Å². The number of para-hydroxylation sites is 1. The van der Waals surface area contributed by atoms with Crippen molar-refractivity contribution in [2.75, 3.05) is 5.32 Å². The lowest BCUT2D eigenvalue weighted by Gasteiger charge is -2.19. The summed E-state index contributed by atoms with van der Waals surface area (Å²) in [6, 6.07) is 11.5. The molecule has 21 heavy (non-hydrogen) atoms. The minimum absolute atomic E-state index is 0.0603. The Bertz CT molecular complexity index is 641. The maximum Gasteiger partial charge on any atom is 0.295 e. The molecule has 0 aliphatic heterocycles. The summed E-state index contributed by atoms with van der Waals surface area (Å²) >= 11 is 0. The number of nitrogens with one attached hydrogen (secondary N) is 1. The van der Waals surface area contributed by atoms with E-state index >= 15 is 0 Å². The predicted molar refractivity (Wildman–Crippen MR) is 80.9 cm³/mol. The zero-order chi connectivity index (χ0) is 15.4. The molecular weight excluding hydrogens is 271 g/mol. The van der Waals surface area contributed by atoms with Crippen LogP contribution in [-0.2, 0) is 0 Å². The van der Waals surface area contributed by atoms with Crippen molar-refractivity contribution in [3.63, 3.8) is 0 Å². The first-order valence-electron chi connectivity index (χ1n) is 6.79. The molecule has 2 aromatic carbocycles. The van der Waals surface area contributed by atoms with E-state index in [4.69, 9.17) is 0 Å². The van der Waals surface area contributed by atoms with E-state index in [1.54, 1.807) is 0 Å². The first-order chi connectivity index (χ1) is 10.0. The first kappa shape index (κ1) is 15.0. The smallest absolute Gasteiger partial charge is 0.295 e. The van der Waals surface area contributed by atoms with Crippen LogP contribution in [0.15, 0.2) is 42.5 Å². The summed E-state index contributed by atoms with van der Waals surface area (Å²) in [6.45, 7) is 3.93. The fourth-order valence-electron chi connectivity index (χ4n) is 2.20. The van der Waals surface area contributed by atoms with Crippen LogP contribution in [0.3, 0.4) is 0 Å². The number of nitro benzene ring substituents is 1. The van der Waals surface area contributed by atoms with Gasteiger partial charge in [-0.15, -0.1) is 0 Å². The van der Waals surface area contributed by atoms with E-state index in [1.165, 1.54) is 18.2 Å². The second kappa shape index (κ2) is 6.35. The van der Waals surface area contributed by atoms with E-state index in [-0.39, 0.29) is 17.4 Å². The van der Waals surface area contributed by atoms with Crippen molar-refractivity contribution < 1.29 is 9.31 Å². The third kappa shape index (κ3) is 3.37. The van der Waals surface area contributed by atoms with Crippen LogP contribution >= 0.6 is 0 Å². The molecule has 4 nitrogen and oxygen atoms in total. The van der Waals surface area contributed by atoms with Gasteiger partial charge in [-0.05, 0) is 25.0 Å². The molecule has 0 saturated carbocycles. The van der Waals surface area contributed by atoms with Gasteiger partial charge in [0.15, 0.2) is 5.82 Å². The number of hydrogen-bond acceptors (Lipinski definition) is 3. The molecule has 110 valence electrons. The zero-order valence-corrected chi connectivity index (χ0v) is 12.0. The minimum Gasteiger partial charge on any atom is -0.370 e. The number of nitrogens with zero attached hydrogens (tertiary/aromatic N) is 1. The van der Waals surface area contributed by atoms with Gasteiger partial charge in [-0.3, -0.25) is 10.1 Å². The molecule has 2 aromatic rings. The van der Waals surface area contributed by atoms with E-state index < -0.39 is 10.7 Å². The van der Waals surface area contributed by atoms with Crippen LogP contribution in [0.4, 0.5) is 15.8 Å². The van der Waals surface area contributed by atoms with Crippen LogP contribution in [0, 0.1) is 22.9 Å². The number of nitro groups is 1. The number of hydrogen-bond donors (Lipinski definition) is 1. The number of halogens is 1. The normalized spacial score (nSPS) is 12.0. The summed E-state index contributed by atoms with van der Waals surface area (Å²) in [7, 11) is 0. The fourth-order valence-corrected chi connectivity index (χ4v) is 2.20. The van der Waals surface area contributed by atoms with Crippen molar-refractivity contribution in [3.8, 4) is 0 Å². The molecule has 0 aromatic heterocycles. The van der Waals surface area contributed by atoms with Crippen LogP contribution in [0.2, 0.25) is 0 Å². The maximum atomic E-state index is 13.9. The Kier molecular flexibility index (Phi) is 4.52. The van der Waals surface area contributed by atoms with Gasteiger partial charge < -0.3 is 5.32 Å². The van der Waals surface area contributed by atoms with Gasteiger partial charge >= 0.3 is 0 Å². The Hall–Kier alpha value is -2.43. The molecule has 0 spiro atoms. The summed E-state index contributed by atoms with van der Waals surface area (Å²) < 4.78 is 13.9. The molecule has 2 rings (SSSR count). The second-order valence-corrected chi connectivity index (χ2v) is 4.91. The molecule has 0 aliphatic rings. The number of benzene rings is 2. The molecule has 1 atom stereocenters. The average Bonchev–Trinajstić information content (AvgIpc) is 2.47. The zero-order valence-electron chi connectivity index (χ0n) is 12.0. The number of rotatable bonds is 5. The summed E-state index contributed by atoms with van der Waals surface area (Å²) in [5.74, 6) is -0.616. The van der Waals surface area contributed by atoms with Gasteiger partial charge in [-0.2, -0.15) is 0 Å². The van der Waals surface area contributed by atoms with Gasteiger partial charge in [0, 0.05) is 6.07 Å². The van der Waals surface area contributed by atoms with Gasteiger partial charge in [0.25, 0.3) is 5.69 Å². The Balaban J connectivity index is 2.35. The highest BCUT2D eigenvalue weighted by Gasteiger charge is 2.20. The van der Waals surface area contributed by atoms with Gasteiger partial charge in [-0.1, -0.05) is 42.8 Å². The summed E-state index contributed by atoms with van der Waals surface area (Å²) in [5.41, 5.74) is 1.79. The van der Waals surface area contributed by atoms with E-state index in [0.29, 0.717) is 6.42 Å². The molecule has 0 fully saturated rings. The van der Waals surface area contributed by atoms with Crippen LogP contribution in [-0.4, -0.2) is 4.92 Å². The van der Waals surface area contributed by atoms with Crippen molar-refractivity contribution in [1.82, 2.24) is 0 Å². The maximum absolute atomic E-state index is 13.9. The molecule has 0 saturated heterocycles. The van der Waals surface area contributed by atoms with Crippen molar-refractivity contribution in [2.24, 2.45) is 0 Å². The highest BCUT2D eigenvalue weighted by atomic mass is 19.1. The Morgan fingerprint density at radius 2 is 1.90 bits per heavy atom. The standard InChI is InChI=1S/C16H17FN2O2/c1-3-14(12-9-7-11(2)8-10-12)18-16-13(17)5-4-6-15(16)19(20)21/h4-10,14,18H,3H2,1-2H3. The van der Waals surface area contributed by atoms with Crippen molar-refractivity contribution in [1.29, 1.82) is 0 Å². The molecule has 0 radical (unpaired) electrons. The van der Waals surface area contributed by atoms with Crippen LogP contribution in [0.1, 0.15) is 30.5 Å². The Morgan fingerprint density at radius 3 is 2.48 bits per heavy atom. The lowest BCUT2D eigenvalue weighted by Crippen LogP contribution is -2.12. The Morgan fingerprint density at radius 1 is 1.24 bits per heavy atom. The van der Waals surface area contributed by atoms with Gasteiger partial charge in [0.1, 0.15) is 5.69 Å². The van der Waals surface area contributed by atoms with Crippen LogP contribution < -0.4 is 5.32 Å². The van der Waals surface area contributed by atoms with Gasteiger partial charge in [0.2, 0.25) is 0 Å². The number of anilines is 1. The molecule has 0 heterocycles. The molecule has 0 amide bonds. The van der Waals surface area contributed by atoms with E-state index in [0.717, 1.165) is 11.1 Å².